The molecule has 0 radical (unpaired) electrons. The summed E-state index contributed by atoms with van der Waals surface area (Å²) in [7, 11) is 0. The SMILES string of the molecule is CCOC(=O)[C@@H]1CN1[C@H](C)c1ccccc1. The molecule has 1 heterocycles. The smallest absolute Gasteiger partial charge is 0.324 e. The van der Waals surface area contributed by atoms with E-state index in [-0.39, 0.29) is 18.1 Å². The quantitative estimate of drug-likeness (QED) is 0.573. The van der Waals surface area contributed by atoms with Crippen molar-refractivity contribution in [1.82, 2.24) is 4.90 Å². The van der Waals surface area contributed by atoms with Crippen LogP contribution in [0.1, 0.15) is 25.5 Å². The Morgan fingerprint density at radius 3 is 2.81 bits per heavy atom. The predicted octanol–water partition coefficient (Wildman–Crippen LogP) is 1.99. The summed E-state index contributed by atoms with van der Waals surface area (Å²) in [5.41, 5.74) is 1.24. The second-order valence-electron chi connectivity index (χ2n) is 4.05. The van der Waals surface area contributed by atoms with Gasteiger partial charge in [-0.3, -0.25) is 9.69 Å². The number of nitrogens with zero attached hydrogens (tertiary/aromatic N) is 1. The Kier molecular flexibility index (Phi) is 3.25. The summed E-state index contributed by atoms with van der Waals surface area (Å²) in [4.78, 5) is 13.6. The number of carbonyl (C=O) groups is 1. The molecule has 1 unspecified atom stereocenters. The molecular weight excluding hydrogens is 202 g/mol. The molecule has 86 valence electrons. The first-order chi connectivity index (χ1) is 7.74. The summed E-state index contributed by atoms with van der Waals surface area (Å²) in [5.74, 6) is -0.0923. The zero-order valence-electron chi connectivity index (χ0n) is 9.72. The highest BCUT2D eigenvalue weighted by Gasteiger charge is 2.44. The van der Waals surface area contributed by atoms with Crippen LogP contribution in [-0.4, -0.2) is 30.1 Å². The zero-order chi connectivity index (χ0) is 11.5. The predicted molar refractivity (Wildman–Crippen MR) is 62.0 cm³/mol. The van der Waals surface area contributed by atoms with Gasteiger partial charge in [0.25, 0.3) is 0 Å². The second-order valence-corrected chi connectivity index (χ2v) is 4.05. The van der Waals surface area contributed by atoms with Gasteiger partial charge in [0.05, 0.1) is 6.61 Å². The third-order valence-electron chi connectivity index (χ3n) is 2.99. The van der Waals surface area contributed by atoms with Gasteiger partial charge in [0.2, 0.25) is 0 Å². The highest BCUT2D eigenvalue weighted by atomic mass is 16.5. The first kappa shape index (κ1) is 11.1. The fourth-order valence-corrected chi connectivity index (χ4v) is 1.95. The van der Waals surface area contributed by atoms with Crippen LogP contribution in [0.25, 0.3) is 0 Å². The van der Waals surface area contributed by atoms with E-state index in [0.717, 1.165) is 6.54 Å². The van der Waals surface area contributed by atoms with Crippen molar-refractivity contribution in [2.24, 2.45) is 0 Å². The number of esters is 1. The van der Waals surface area contributed by atoms with Crippen LogP contribution in [0.4, 0.5) is 0 Å². The van der Waals surface area contributed by atoms with E-state index in [2.05, 4.69) is 24.0 Å². The maximum atomic E-state index is 11.5. The second kappa shape index (κ2) is 4.66. The Hall–Kier alpha value is -1.35. The normalized spacial score (nSPS) is 24.9. The van der Waals surface area contributed by atoms with Crippen molar-refractivity contribution in [3.63, 3.8) is 0 Å². The van der Waals surface area contributed by atoms with Gasteiger partial charge in [0.1, 0.15) is 6.04 Å². The van der Waals surface area contributed by atoms with E-state index in [1.807, 2.05) is 25.1 Å². The van der Waals surface area contributed by atoms with E-state index in [1.165, 1.54) is 5.56 Å². The summed E-state index contributed by atoms with van der Waals surface area (Å²) in [5, 5.41) is 0. The van der Waals surface area contributed by atoms with Crippen LogP contribution in [-0.2, 0) is 9.53 Å². The van der Waals surface area contributed by atoms with Crippen LogP contribution < -0.4 is 0 Å². The van der Waals surface area contributed by atoms with Crippen molar-refractivity contribution in [3.8, 4) is 0 Å². The van der Waals surface area contributed by atoms with Crippen LogP contribution in [0.15, 0.2) is 30.3 Å². The number of rotatable bonds is 4. The number of carbonyl (C=O) groups excluding carboxylic acids is 1. The number of ether oxygens (including phenoxy) is 1. The molecule has 1 aliphatic rings. The van der Waals surface area contributed by atoms with Crippen molar-refractivity contribution < 1.29 is 9.53 Å². The fourth-order valence-electron chi connectivity index (χ4n) is 1.95. The van der Waals surface area contributed by atoms with E-state index in [4.69, 9.17) is 4.74 Å². The molecule has 0 saturated carbocycles. The van der Waals surface area contributed by atoms with Crippen molar-refractivity contribution in [3.05, 3.63) is 35.9 Å². The lowest BCUT2D eigenvalue weighted by atomic mass is 10.1. The lowest BCUT2D eigenvalue weighted by Crippen LogP contribution is -2.18. The van der Waals surface area contributed by atoms with Crippen molar-refractivity contribution in [2.45, 2.75) is 25.9 Å². The molecule has 0 bridgehead atoms. The lowest BCUT2D eigenvalue weighted by Gasteiger charge is -2.13. The Bertz CT molecular complexity index is 363. The summed E-state index contributed by atoms with van der Waals surface area (Å²) in [6, 6.07) is 10.5. The summed E-state index contributed by atoms with van der Waals surface area (Å²) in [6.45, 7) is 5.23. The molecule has 1 aliphatic heterocycles. The van der Waals surface area contributed by atoms with Gasteiger partial charge in [0.15, 0.2) is 0 Å². The molecule has 1 fully saturated rings. The van der Waals surface area contributed by atoms with Gasteiger partial charge in [-0.05, 0) is 19.4 Å². The van der Waals surface area contributed by atoms with Gasteiger partial charge < -0.3 is 4.74 Å². The Morgan fingerprint density at radius 1 is 1.50 bits per heavy atom. The molecule has 1 aromatic rings. The maximum absolute atomic E-state index is 11.5. The van der Waals surface area contributed by atoms with Gasteiger partial charge in [-0.2, -0.15) is 0 Å². The number of hydrogen-bond donors (Lipinski definition) is 0. The van der Waals surface area contributed by atoms with Crippen LogP contribution >= 0.6 is 0 Å². The van der Waals surface area contributed by atoms with E-state index in [0.29, 0.717) is 6.61 Å². The van der Waals surface area contributed by atoms with Gasteiger partial charge in [-0.15, -0.1) is 0 Å². The molecule has 3 heteroatoms. The fraction of sp³-hybridized carbons (Fsp3) is 0.462. The Labute approximate surface area is 96.0 Å². The molecule has 16 heavy (non-hydrogen) atoms. The monoisotopic (exact) mass is 219 g/mol. The first-order valence-corrected chi connectivity index (χ1v) is 5.71. The standard InChI is InChI=1S/C13H17NO2/c1-3-16-13(15)12-9-14(12)10(2)11-7-5-4-6-8-11/h4-8,10,12H,3,9H2,1-2H3/t10-,12+,14?/m1/s1. The number of benzene rings is 1. The molecule has 2 rings (SSSR count). The Morgan fingerprint density at radius 2 is 2.19 bits per heavy atom. The summed E-state index contributed by atoms with van der Waals surface area (Å²) >= 11 is 0. The topological polar surface area (TPSA) is 29.3 Å². The molecule has 3 nitrogen and oxygen atoms in total. The third-order valence-corrected chi connectivity index (χ3v) is 2.99. The van der Waals surface area contributed by atoms with Crippen LogP contribution in [0.3, 0.4) is 0 Å². The molecule has 0 N–H and O–H groups in total. The van der Waals surface area contributed by atoms with Crippen molar-refractivity contribution in [1.29, 1.82) is 0 Å². The molecule has 1 saturated heterocycles. The summed E-state index contributed by atoms with van der Waals surface area (Å²) < 4.78 is 5.00. The zero-order valence-corrected chi connectivity index (χ0v) is 9.72. The minimum Gasteiger partial charge on any atom is -0.465 e. The van der Waals surface area contributed by atoms with E-state index >= 15 is 0 Å². The molecule has 0 aromatic heterocycles. The van der Waals surface area contributed by atoms with E-state index < -0.39 is 0 Å². The minimum absolute atomic E-state index is 0.0323. The van der Waals surface area contributed by atoms with Crippen molar-refractivity contribution >= 4 is 5.97 Å². The lowest BCUT2D eigenvalue weighted by molar-refractivity contribution is -0.143. The highest BCUT2D eigenvalue weighted by molar-refractivity contribution is 5.79. The average Bonchev–Trinajstić information content (AvgIpc) is 3.09. The molecule has 1 aromatic carbocycles. The highest BCUT2D eigenvalue weighted by Crippen LogP contribution is 2.32. The molecule has 0 spiro atoms. The Balaban J connectivity index is 1.94. The van der Waals surface area contributed by atoms with Gasteiger partial charge in [0, 0.05) is 12.6 Å². The maximum Gasteiger partial charge on any atom is 0.324 e. The largest absolute Gasteiger partial charge is 0.465 e. The molecule has 3 atom stereocenters. The van der Waals surface area contributed by atoms with E-state index in [9.17, 15) is 4.79 Å². The number of hydrogen-bond acceptors (Lipinski definition) is 3. The minimum atomic E-state index is -0.0923. The van der Waals surface area contributed by atoms with Gasteiger partial charge in [-0.1, -0.05) is 30.3 Å². The van der Waals surface area contributed by atoms with Crippen molar-refractivity contribution in [2.75, 3.05) is 13.2 Å². The van der Waals surface area contributed by atoms with Crippen LogP contribution in [0.2, 0.25) is 0 Å². The average molecular weight is 219 g/mol. The van der Waals surface area contributed by atoms with E-state index in [1.54, 1.807) is 0 Å². The van der Waals surface area contributed by atoms with Crippen LogP contribution in [0, 0.1) is 0 Å². The molecule has 0 aliphatic carbocycles. The third kappa shape index (κ3) is 2.25. The molecule has 0 amide bonds. The molecular formula is C13H17NO2. The summed E-state index contributed by atoms with van der Waals surface area (Å²) in [6.07, 6.45) is 0. The van der Waals surface area contributed by atoms with Crippen LogP contribution in [0.5, 0.6) is 0 Å². The first-order valence-electron chi connectivity index (χ1n) is 5.71. The van der Waals surface area contributed by atoms with Gasteiger partial charge in [-0.25, -0.2) is 0 Å². The van der Waals surface area contributed by atoms with Gasteiger partial charge >= 0.3 is 5.97 Å².